The van der Waals surface area contributed by atoms with Crippen LogP contribution in [0.25, 0.3) is 0 Å². The molecule has 2 aromatic rings. The van der Waals surface area contributed by atoms with E-state index in [2.05, 4.69) is 4.98 Å². The van der Waals surface area contributed by atoms with Crippen molar-refractivity contribution in [1.29, 1.82) is 0 Å². The number of benzene rings is 1. The normalized spacial score (nSPS) is 22.2. The Kier molecular flexibility index (Phi) is 5.76. The number of H-pyrrole nitrogens is 1. The predicted molar refractivity (Wildman–Crippen MR) is 112 cm³/mol. The zero-order chi connectivity index (χ0) is 21.3. The molecule has 6 heteroatoms. The van der Waals surface area contributed by atoms with Gasteiger partial charge in [0.05, 0.1) is 18.2 Å². The van der Waals surface area contributed by atoms with Crippen LogP contribution in [-0.4, -0.2) is 23.0 Å². The molecular formula is C24H29FN2O3. The molecule has 3 aliphatic rings. The molecule has 1 aromatic heterocycles. The molecule has 1 unspecified atom stereocenters. The van der Waals surface area contributed by atoms with Gasteiger partial charge in [-0.25, -0.2) is 9.37 Å². The summed E-state index contributed by atoms with van der Waals surface area (Å²) in [6.07, 6.45) is 8.34. The highest BCUT2D eigenvalue weighted by Crippen LogP contribution is 2.41. The van der Waals surface area contributed by atoms with Crippen molar-refractivity contribution in [2.24, 2.45) is 0 Å². The minimum Gasteiger partial charge on any atom is -0.468 e. The largest absolute Gasteiger partial charge is 0.468 e. The summed E-state index contributed by atoms with van der Waals surface area (Å²) in [4.78, 5) is 33.1. The molecule has 5 rings (SSSR count). The lowest BCUT2D eigenvalue weighted by atomic mass is 9.72. The first-order valence-electron chi connectivity index (χ1n) is 10.9. The van der Waals surface area contributed by atoms with Gasteiger partial charge in [-0.05, 0) is 62.6 Å². The summed E-state index contributed by atoms with van der Waals surface area (Å²) in [5, 5.41) is 0. The molecule has 2 fully saturated rings. The number of aromatic amines is 1. The number of esters is 1. The summed E-state index contributed by atoms with van der Waals surface area (Å²) in [6, 6.07) is 4.80. The van der Waals surface area contributed by atoms with E-state index in [4.69, 9.17) is 9.72 Å². The van der Waals surface area contributed by atoms with Gasteiger partial charge in [-0.2, -0.15) is 0 Å². The van der Waals surface area contributed by atoms with Gasteiger partial charge in [0.25, 0.3) is 5.56 Å². The summed E-state index contributed by atoms with van der Waals surface area (Å²) < 4.78 is 19.4. The van der Waals surface area contributed by atoms with E-state index in [-0.39, 0.29) is 17.3 Å². The highest BCUT2D eigenvalue weighted by Gasteiger charge is 2.44. The van der Waals surface area contributed by atoms with Crippen molar-refractivity contribution in [3.8, 4) is 0 Å². The maximum absolute atomic E-state index is 14.2. The molecule has 3 aliphatic carbocycles. The van der Waals surface area contributed by atoms with Gasteiger partial charge in [-0.1, -0.05) is 31.4 Å². The van der Waals surface area contributed by atoms with Crippen molar-refractivity contribution in [2.45, 2.75) is 76.0 Å². The van der Waals surface area contributed by atoms with E-state index < -0.39 is 5.41 Å². The molecule has 5 nitrogen and oxygen atoms in total. The number of carbonyl (C=O) groups is 1. The molecule has 0 bridgehead atoms. The van der Waals surface area contributed by atoms with Crippen molar-refractivity contribution in [3.05, 3.63) is 62.6 Å². The molecule has 1 N–H and O–H groups in total. The molecule has 0 aliphatic heterocycles. The Bertz CT molecular complexity index is 1010. The van der Waals surface area contributed by atoms with Crippen molar-refractivity contribution in [2.75, 3.05) is 7.11 Å². The second kappa shape index (κ2) is 8.32. The molecule has 0 amide bonds. The summed E-state index contributed by atoms with van der Waals surface area (Å²) in [6.45, 7) is 1.68. The molecule has 1 heterocycles. The zero-order valence-electron chi connectivity index (χ0n) is 17.7. The van der Waals surface area contributed by atoms with Crippen LogP contribution in [0.5, 0.6) is 0 Å². The van der Waals surface area contributed by atoms with Gasteiger partial charge < -0.3 is 9.72 Å². The number of aryl methyl sites for hydroxylation is 1. The van der Waals surface area contributed by atoms with Crippen LogP contribution in [0.2, 0.25) is 0 Å². The van der Waals surface area contributed by atoms with E-state index in [0.29, 0.717) is 48.3 Å². The number of carbonyl (C=O) groups excluding carboxylic acids is 1. The van der Waals surface area contributed by atoms with Gasteiger partial charge in [0.15, 0.2) is 0 Å². The highest BCUT2D eigenvalue weighted by atomic mass is 19.1. The minimum atomic E-state index is -0.978. The Hall–Kier alpha value is -2.50. The van der Waals surface area contributed by atoms with Crippen molar-refractivity contribution in [1.82, 2.24) is 9.97 Å². The first-order valence-corrected chi connectivity index (χ1v) is 10.9. The van der Waals surface area contributed by atoms with Crippen molar-refractivity contribution >= 4 is 5.97 Å². The van der Waals surface area contributed by atoms with E-state index in [1.54, 1.807) is 19.1 Å². The Labute approximate surface area is 176 Å². The van der Waals surface area contributed by atoms with Gasteiger partial charge in [0.1, 0.15) is 11.6 Å². The molecule has 2 saturated carbocycles. The number of ether oxygens (including phenoxy) is 1. The van der Waals surface area contributed by atoms with E-state index in [1.807, 2.05) is 0 Å². The number of fused-ring (bicyclic) bond motifs is 1. The number of halogens is 1. The fourth-order valence-electron chi connectivity index (χ4n) is 4.28. The minimum absolute atomic E-state index is 0.112. The Morgan fingerprint density at radius 1 is 1.20 bits per heavy atom. The average molecular weight is 413 g/mol. The van der Waals surface area contributed by atoms with E-state index in [1.165, 1.54) is 32.4 Å². The number of rotatable bonds is 3. The van der Waals surface area contributed by atoms with E-state index in [9.17, 15) is 14.0 Å². The summed E-state index contributed by atoms with van der Waals surface area (Å²) in [7, 11) is 1.35. The third-order valence-corrected chi connectivity index (χ3v) is 6.39. The van der Waals surface area contributed by atoms with Crippen LogP contribution in [0.4, 0.5) is 4.39 Å². The van der Waals surface area contributed by atoms with Crippen LogP contribution in [-0.2, 0) is 27.8 Å². The van der Waals surface area contributed by atoms with Crippen LogP contribution in [0, 0.1) is 12.7 Å². The van der Waals surface area contributed by atoms with Crippen LogP contribution in [0.3, 0.4) is 0 Å². The third-order valence-electron chi connectivity index (χ3n) is 6.39. The maximum atomic E-state index is 14.2. The lowest BCUT2D eigenvalue weighted by Crippen LogP contribution is -2.38. The second-order valence-electron chi connectivity index (χ2n) is 8.70. The Morgan fingerprint density at radius 3 is 2.53 bits per heavy atom. The summed E-state index contributed by atoms with van der Waals surface area (Å²) in [5.74, 6) is 0.376. The number of nitrogens with zero attached hydrogens (tertiary/aromatic N) is 1. The number of hydrogen-bond acceptors (Lipinski definition) is 4. The number of methoxy groups -OCH3 is 1. The van der Waals surface area contributed by atoms with Crippen LogP contribution < -0.4 is 5.56 Å². The maximum Gasteiger partial charge on any atom is 0.316 e. The van der Waals surface area contributed by atoms with E-state index in [0.717, 1.165) is 24.4 Å². The topological polar surface area (TPSA) is 72.0 Å². The van der Waals surface area contributed by atoms with Gasteiger partial charge in [-0.3, -0.25) is 9.59 Å². The first-order chi connectivity index (χ1) is 14.5. The molecule has 1 atom stereocenters. The zero-order valence-corrected chi connectivity index (χ0v) is 17.7. The Balaban J connectivity index is 0.000000667. The SMILES string of the molecule is C1CC1.COC(=O)C1(c2cccc(F)c2C)CCc2nc(C3CC3)[nH]c(=O)c2CC1. The molecular weight excluding hydrogens is 383 g/mol. The van der Waals surface area contributed by atoms with Crippen LogP contribution in [0.1, 0.15) is 79.1 Å². The molecule has 1 aromatic carbocycles. The fraction of sp³-hybridized carbons (Fsp3) is 0.542. The lowest BCUT2D eigenvalue weighted by molar-refractivity contribution is -0.148. The Morgan fingerprint density at radius 2 is 1.90 bits per heavy atom. The molecule has 0 saturated heterocycles. The van der Waals surface area contributed by atoms with Gasteiger partial charge >= 0.3 is 5.97 Å². The highest BCUT2D eigenvalue weighted by molar-refractivity contribution is 5.84. The van der Waals surface area contributed by atoms with Gasteiger partial charge in [-0.15, -0.1) is 0 Å². The van der Waals surface area contributed by atoms with Crippen molar-refractivity contribution in [3.63, 3.8) is 0 Å². The van der Waals surface area contributed by atoms with Crippen molar-refractivity contribution < 1.29 is 13.9 Å². The number of aromatic nitrogens is 2. The van der Waals surface area contributed by atoms with Gasteiger partial charge in [0, 0.05) is 11.5 Å². The monoisotopic (exact) mass is 412 g/mol. The quantitative estimate of drug-likeness (QED) is 0.604. The number of hydrogen-bond donors (Lipinski definition) is 1. The summed E-state index contributed by atoms with van der Waals surface area (Å²) in [5.41, 5.74) is 1.40. The standard InChI is InChI=1S/C21H23FN2O3.C3H6/c1-12-15(4-3-5-16(12)22)21(20(26)27-2)10-8-14-17(9-11-21)23-18(13-6-7-13)24-19(14)25;1-2-3-1/h3-5,13H,6-11H2,1-2H3,(H,23,24,25);1-3H2. The molecule has 160 valence electrons. The molecule has 0 radical (unpaired) electrons. The lowest BCUT2D eigenvalue weighted by Gasteiger charge is -2.31. The first kappa shape index (κ1) is 20.8. The fourth-order valence-corrected chi connectivity index (χ4v) is 4.28. The molecule has 0 spiro atoms. The smallest absolute Gasteiger partial charge is 0.316 e. The van der Waals surface area contributed by atoms with Crippen LogP contribution in [0.15, 0.2) is 23.0 Å². The summed E-state index contributed by atoms with van der Waals surface area (Å²) >= 11 is 0. The third kappa shape index (κ3) is 4.05. The number of nitrogens with one attached hydrogen (secondary N) is 1. The second-order valence-corrected chi connectivity index (χ2v) is 8.70. The predicted octanol–water partition coefficient (Wildman–Crippen LogP) is 4.25. The molecule has 30 heavy (non-hydrogen) atoms. The average Bonchev–Trinajstić information content (AvgIpc) is 3.61. The van der Waals surface area contributed by atoms with Gasteiger partial charge in [0.2, 0.25) is 0 Å². The van der Waals surface area contributed by atoms with E-state index >= 15 is 0 Å². The van der Waals surface area contributed by atoms with Crippen LogP contribution >= 0.6 is 0 Å².